The second-order valence-corrected chi connectivity index (χ2v) is 8.11. The number of methoxy groups -OCH3 is 2. The highest BCUT2D eigenvalue weighted by molar-refractivity contribution is 7.92. The molecule has 1 N–H and O–H groups in total. The lowest BCUT2D eigenvalue weighted by molar-refractivity contribution is 0.386. The molecule has 0 bridgehead atoms. The zero-order valence-corrected chi connectivity index (χ0v) is 17.4. The molecule has 29 heavy (non-hydrogen) atoms. The van der Waals surface area contributed by atoms with Crippen LogP contribution in [-0.4, -0.2) is 32.4 Å². The van der Waals surface area contributed by atoms with Crippen LogP contribution < -0.4 is 14.2 Å². The molecule has 0 unspecified atom stereocenters. The van der Waals surface area contributed by atoms with Crippen molar-refractivity contribution in [2.75, 3.05) is 18.9 Å². The second-order valence-electron chi connectivity index (χ2n) is 6.46. The van der Waals surface area contributed by atoms with E-state index in [4.69, 9.17) is 9.47 Å². The van der Waals surface area contributed by atoms with Gasteiger partial charge in [-0.1, -0.05) is 12.1 Å². The van der Waals surface area contributed by atoms with Crippen LogP contribution in [0.5, 0.6) is 11.5 Å². The Morgan fingerprint density at radius 3 is 2.52 bits per heavy atom. The van der Waals surface area contributed by atoms with Crippen LogP contribution in [0.1, 0.15) is 17.0 Å². The summed E-state index contributed by atoms with van der Waals surface area (Å²) in [6, 6.07) is 10.7. The molecule has 9 heteroatoms. The maximum absolute atomic E-state index is 13.4. The van der Waals surface area contributed by atoms with E-state index in [9.17, 15) is 12.8 Å². The molecule has 0 aliphatic carbocycles. The maximum Gasteiger partial charge on any atom is 0.265 e. The Hall–Kier alpha value is -3.07. The second kappa shape index (κ2) is 8.12. The first-order valence-electron chi connectivity index (χ1n) is 8.78. The van der Waals surface area contributed by atoms with E-state index >= 15 is 0 Å². The molecule has 0 aliphatic rings. The lowest BCUT2D eigenvalue weighted by Gasteiger charge is -2.13. The molecule has 7 nitrogen and oxygen atoms in total. The highest BCUT2D eigenvalue weighted by atomic mass is 32.2. The molecule has 0 amide bonds. The van der Waals surface area contributed by atoms with Gasteiger partial charge in [-0.15, -0.1) is 0 Å². The molecule has 0 saturated carbocycles. The van der Waals surface area contributed by atoms with E-state index in [1.54, 1.807) is 36.7 Å². The van der Waals surface area contributed by atoms with Crippen molar-refractivity contribution < 1.29 is 22.3 Å². The van der Waals surface area contributed by atoms with Gasteiger partial charge in [0.25, 0.3) is 10.0 Å². The molecule has 3 aromatic rings. The highest BCUT2D eigenvalue weighted by Crippen LogP contribution is 2.31. The Labute approximate surface area is 169 Å². The maximum atomic E-state index is 13.4. The number of anilines is 1. The molecule has 1 aromatic heterocycles. The van der Waals surface area contributed by atoms with Crippen molar-refractivity contribution in [1.29, 1.82) is 0 Å². The quantitative estimate of drug-likeness (QED) is 0.634. The van der Waals surface area contributed by atoms with E-state index in [1.165, 1.54) is 38.5 Å². The minimum absolute atomic E-state index is 0.0162. The first kappa shape index (κ1) is 20.7. The van der Waals surface area contributed by atoms with Gasteiger partial charge in [-0.25, -0.2) is 12.8 Å². The van der Waals surface area contributed by atoms with Gasteiger partial charge >= 0.3 is 0 Å². The number of benzene rings is 2. The Morgan fingerprint density at radius 2 is 1.86 bits per heavy atom. The Balaban J connectivity index is 1.93. The standard InChI is InChI=1S/C20H22FN3O4S/c1-13-20(14(2)24(22-13)12-15-6-5-7-16(21)10-15)23-29(25,26)19-9-8-17(27-3)11-18(19)28-4/h5-11,23H,12H2,1-4H3. The van der Waals surface area contributed by atoms with Crippen molar-refractivity contribution in [3.05, 3.63) is 65.2 Å². The number of sulfonamides is 1. The first-order chi connectivity index (χ1) is 13.7. The summed E-state index contributed by atoms with van der Waals surface area (Å²) >= 11 is 0. The number of rotatable bonds is 7. The fourth-order valence-electron chi connectivity index (χ4n) is 2.99. The topological polar surface area (TPSA) is 82.5 Å². The molecular weight excluding hydrogens is 397 g/mol. The van der Waals surface area contributed by atoms with Crippen LogP contribution in [0.3, 0.4) is 0 Å². The zero-order chi connectivity index (χ0) is 21.2. The molecule has 154 valence electrons. The monoisotopic (exact) mass is 419 g/mol. The minimum atomic E-state index is -3.94. The van der Waals surface area contributed by atoms with Gasteiger partial charge in [0.05, 0.1) is 37.8 Å². The number of nitrogens with zero attached hydrogens (tertiary/aromatic N) is 2. The summed E-state index contributed by atoms with van der Waals surface area (Å²) in [5, 5.41) is 4.40. The fraction of sp³-hybridized carbons (Fsp3) is 0.250. The van der Waals surface area contributed by atoms with Crippen LogP contribution in [0, 0.1) is 19.7 Å². The fourth-order valence-corrected chi connectivity index (χ4v) is 4.32. The van der Waals surface area contributed by atoms with E-state index < -0.39 is 10.0 Å². The summed E-state index contributed by atoms with van der Waals surface area (Å²) in [6.45, 7) is 3.78. The third kappa shape index (κ3) is 4.34. The van der Waals surface area contributed by atoms with Crippen molar-refractivity contribution in [2.45, 2.75) is 25.3 Å². The van der Waals surface area contributed by atoms with E-state index in [2.05, 4.69) is 9.82 Å². The number of nitrogens with one attached hydrogen (secondary N) is 1. The van der Waals surface area contributed by atoms with Gasteiger partial charge in [0, 0.05) is 6.07 Å². The molecule has 0 spiro atoms. The number of hydrogen-bond donors (Lipinski definition) is 1. The molecule has 2 aromatic carbocycles. The predicted octanol–water partition coefficient (Wildman–Crippen LogP) is 3.51. The molecule has 0 aliphatic heterocycles. The number of halogens is 1. The van der Waals surface area contributed by atoms with Crippen molar-refractivity contribution in [3.63, 3.8) is 0 Å². The summed E-state index contributed by atoms with van der Waals surface area (Å²) in [7, 11) is -1.06. The van der Waals surface area contributed by atoms with E-state index in [0.29, 0.717) is 29.4 Å². The van der Waals surface area contributed by atoms with Gasteiger partial charge in [-0.05, 0) is 43.7 Å². The smallest absolute Gasteiger partial charge is 0.265 e. The SMILES string of the molecule is COc1ccc(S(=O)(=O)Nc2c(C)nn(Cc3cccc(F)c3)c2C)c(OC)c1. The Kier molecular flexibility index (Phi) is 5.78. The van der Waals surface area contributed by atoms with E-state index in [1.807, 2.05) is 0 Å². The van der Waals surface area contributed by atoms with Crippen molar-refractivity contribution in [1.82, 2.24) is 9.78 Å². The predicted molar refractivity (Wildman–Crippen MR) is 108 cm³/mol. The summed E-state index contributed by atoms with van der Waals surface area (Å²) in [4.78, 5) is -0.0162. The molecule has 0 fully saturated rings. The van der Waals surface area contributed by atoms with Crippen LogP contribution in [-0.2, 0) is 16.6 Å². The van der Waals surface area contributed by atoms with E-state index in [-0.39, 0.29) is 16.5 Å². The first-order valence-corrected chi connectivity index (χ1v) is 10.3. The van der Waals surface area contributed by atoms with E-state index in [0.717, 1.165) is 5.56 Å². The zero-order valence-electron chi connectivity index (χ0n) is 16.6. The number of ether oxygens (including phenoxy) is 2. The molecule has 0 radical (unpaired) electrons. The van der Waals surface area contributed by atoms with Crippen molar-refractivity contribution >= 4 is 15.7 Å². The molecular formula is C20H22FN3O4S. The summed E-state index contributed by atoms with van der Waals surface area (Å²) < 4.78 is 54.0. The summed E-state index contributed by atoms with van der Waals surface area (Å²) in [5.41, 5.74) is 2.22. The normalized spacial score (nSPS) is 11.3. The highest BCUT2D eigenvalue weighted by Gasteiger charge is 2.24. The lowest BCUT2D eigenvalue weighted by atomic mass is 10.2. The van der Waals surface area contributed by atoms with Gasteiger partial charge in [0.15, 0.2) is 0 Å². The van der Waals surface area contributed by atoms with Crippen LogP contribution >= 0.6 is 0 Å². The van der Waals surface area contributed by atoms with Crippen LogP contribution in [0.4, 0.5) is 10.1 Å². The van der Waals surface area contributed by atoms with Gasteiger partial charge < -0.3 is 9.47 Å². The number of aromatic nitrogens is 2. The molecule has 0 atom stereocenters. The largest absolute Gasteiger partial charge is 0.497 e. The van der Waals surface area contributed by atoms with Crippen molar-refractivity contribution in [3.8, 4) is 11.5 Å². The van der Waals surface area contributed by atoms with Crippen LogP contribution in [0.2, 0.25) is 0 Å². The van der Waals surface area contributed by atoms with Gasteiger partial charge in [-0.3, -0.25) is 9.40 Å². The third-order valence-corrected chi connectivity index (χ3v) is 5.89. The molecule has 1 heterocycles. The lowest BCUT2D eigenvalue weighted by Crippen LogP contribution is -2.15. The average molecular weight is 419 g/mol. The number of aryl methyl sites for hydroxylation is 1. The number of hydrogen-bond acceptors (Lipinski definition) is 5. The third-order valence-electron chi connectivity index (χ3n) is 4.50. The molecule has 3 rings (SSSR count). The summed E-state index contributed by atoms with van der Waals surface area (Å²) in [6.07, 6.45) is 0. The van der Waals surface area contributed by atoms with Gasteiger partial charge in [-0.2, -0.15) is 5.10 Å². The van der Waals surface area contributed by atoms with Gasteiger partial charge in [0.1, 0.15) is 22.2 Å². The van der Waals surface area contributed by atoms with Crippen LogP contribution in [0.25, 0.3) is 0 Å². The Bertz CT molecular complexity index is 1140. The van der Waals surface area contributed by atoms with Crippen molar-refractivity contribution in [2.24, 2.45) is 0 Å². The Morgan fingerprint density at radius 1 is 1.10 bits per heavy atom. The molecule has 0 saturated heterocycles. The minimum Gasteiger partial charge on any atom is -0.497 e. The summed E-state index contributed by atoms with van der Waals surface area (Å²) in [5.74, 6) is 0.312. The average Bonchev–Trinajstić information content (AvgIpc) is 2.94. The van der Waals surface area contributed by atoms with Crippen LogP contribution in [0.15, 0.2) is 47.4 Å². The van der Waals surface area contributed by atoms with Gasteiger partial charge in [0.2, 0.25) is 0 Å².